The molecule has 88 valence electrons. The van der Waals surface area contributed by atoms with E-state index in [0.29, 0.717) is 0 Å². The zero-order valence-corrected chi connectivity index (χ0v) is 11.3. The minimum Gasteiger partial charge on any atom is -0.384 e. The Morgan fingerprint density at radius 2 is 2.38 bits per heavy atom. The van der Waals surface area contributed by atoms with Gasteiger partial charge in [-0.05, 0) is 72.4 Å². The van der Waals surface area contributed by atoms with Gasteiger partial charge in [-0.2, -0.15) is 0 Å². The molecule has 1 saturated heterocycles. The summed E-state index contributed by atoms with van der Waals surface area (Å²) in [4.78, 5) is 0. The van der Waals surface area contributed by atoms with Gasteiger partial charge in [-0.15, -0.1) is 0 Å². The lowest BCUT2D eigenvalue weighted by molar-refractivity contribution is 0.393. The van der Waals surface area contributed by atoms with E-state index in [0.717, 1.165) is 23.5 Å². The largest absolute Gasteiger partial charge is 0.384 e. The van der Waals surface area contributed by atoms with Crippen molar-refractivity contribution in [3.05, 3.63) is 28.2 Å². The molecule has 1 atom stereocenters. The van der Waals surface area contributed by atoms with E-state index in [1.54, 1.807) is 0 Å². The van der Waals surface area contributed by atoms with E-state index in [4.69, 9.17) is 0 Å². The van der Waals surface area contributed by atoms with Crippen LogP contribution in [0.3, 0.4) is 0 Å². The molecule has 1 aromatic carbocycles. The van der Waals surface area contributed by atoms with E-state index in [1.165, 1.54) is 30.6 Å². The van der Waals surface area contributed by atoms with Crippen LogP contribution < -0.4 is 10.6 Å². The van der Waals surface area contributed by atoms with E-state index in [2.05, 4.69) is 51.7 Å². The lowest BCUT2D eigenvalue weighted by Gasteiger charge is -2.23. The molecule has 1 aliphatic rings. The molecule has 3 heteroatoms. The third-order valence-corrected chi connectivity index (χ3v) is 3.79. The highest BCUT2D eigenvalue weighted by molar-refractivity contribution is 9.10. The van der Waals surface area contributed by atoms with Gasteiger partial charge in [0.1, 0.15) is 0 Å². The minimum absolute atomic E-state index is 0.765. The van der Waals surface area contributed by atoms with Crippen LogP contribution in [-0.2, 0) is 0 Å². The van der Waals surface area contributed by atoms with E-state index in [-0.39, 0.29) is 0 Å². The van der Waals surface area contributed by atoms with Crippen molar-refractivity contribution in [2.75, 3.05) is 25.0 Å². The molecule has 2 rings (SSSR count). The van der Waals surface area contributed by atoms with Gasteiger partial charge in [0.25, 0.3) is 0 Å². The monoisotopic (exact) mass is 282 g/mol. The Balaban J connectivity index is 1.90. The lowest BCUT2D eigenvalue weighted by Crippen LogP contribution is -2.33. The summed E-state index contributed by atoms with van der Waals surface area (Å²) in [5, 5.41) is 6.98. The molecule has 0 radical (unpaired) electrons. The van der Waals surface area contributed by atoms with Crippen molar-refractivity contribution in [3.8, 4) is 0 Å². The SMILES string of the molecule is Cc1ccc(Br)c(NCC2CCCNC2)c1. The molecule has 2 nitrogen and oxygen atoms in total. The number of halogens is 1. The van der Waals surface area contributed by atoms with Gasteiger partial charge < -0.3 is 10.6 Å². The Morgan fingerprint density at radius 1 is 1.50 bits per heavy atom. The predicted molar refractivity (Wildman–Crippen MR) is 73.0 cm³/mol. The summed E-state index contributed by atoms with van der Waals surface area (Å²) >= 11 is 3.58. The Kier molecular flexibility index (Phi) is 4.24. The summed E-state index contributed by atoms with van der Waals surface area (Å²) in [5.74, 6) is 0.765. The first-order valence-electron chi connectivity index (χ1n) is 5.96. The van der Waals surface area contributed by atoms with Crippen LogP contribution in [0.5, 0.6) is 0 Å². The number of nitrogens with one attached hydrogen (secondary N) is 2. The van der Waals surface area contributed by atoms with E-state index in [9.17, 15) is 0 Å². The third-order valence-electron chi connectivity index (χ3n) is 3.10. The van der Waals surface area contributed by atoms with Crippen LogP contribution in [0.4, 0.5) is 5.69 Å². The Bertz CT molecular complexity index is 346. The second-order valence-electron chi connectivity index (χ2n) is 4.58. The summed E-state index contributed by atoms with van der Waals surface area (Å²) in [6, 6.07) is 6.43. The van der Waals surface area contributed by atoms with Gasteiger partial charge in [-0.1, -0.05) is 6.07 Å². The molecule has 0 saturated carbocycles. The van der Waals surface area contributed by atoms with E-state index >= 15 is 0 Å². The van der Waals surface area contributed by atoms with Crippen molar-refractivity contribution in [1.29, 1.82) is 0 Å². The van der Waals surface area contributed by atoms with Crippen molar-refractivity contribution in [3.63, 3.8) is 0 Å². The molecule has 1 fully saturated rings. The molecule has 0 spiro atoms. The molecule has 16 heavy (non-hydrogen) atoms. The number of benzene rings is 1. The van der Waals surface area contributed by atoms with Crippen molar-refractivity contribution in [1.82, 2.24) is 5.32 Å². The van der Waals surface area contributed by atoms with Gasteiger partial charge >= 0.3 is 0 Å². The molecule has 1 aliphatic heterocycles. The zero-order chi connectivity index (χ0) is 11.4. The van der Waals surface area contributed by atoms with Gasteiger partial charge in [-0.25, -0.2) is 0 Å². The maximum atomic E-state index is 3.58. The van der Waals surface area contributed by atoms with Gasteiger partial charge in [0.15, 0.2) is 0 Å². The molecule has 2 N–H and O–H groups in total. The fraction of sp³-hybridized carbons (Fsp3) is 0.538. The van der Waals surface area contributed by atoms with Crippen LogP contribution in [0.2, 0.25) is 0 Å². The molecule has 1 unspecified atom stereocenters. The third kappa shape index (κ3) is 3.22. The Labute approximate surface area is 106 Å². The minimum atomic E-state index is 0.765. The van der Waals surface area contributed by atoms with Gasteiger partial charge in [0.2, 0.25) is 0 Å². The number of anilines is 1. The molecule has 0 bridgehead atoms. The highest BCUT2D eigenvalue weighted by atomic mass is 79.9. The highest BCUT2D eigenvalue weighted by Crippen LogP contribution is 2.24. The number of aryl methyl sites for hydroxylation is 1. The normalized spacial score (nSPS) is 20.8. The number of rotatable bonds is 3. The second-order valence-corrected chi connectivity index (χ2v) is 5.43. The number of piperidine rings is 1. The number of hydrogen-bond acceptors (Lipinski definition) is 2. The molecule has 0 aromatic heterocycles. The summed E-state index contributed by atoms with van der Waals surface area (Å²) < 4.78 is 1.15. The first-order valence-corrected chi connectivity index (χ1v) is 6.76. The Morgan fingerprint density at radius 3 is 3.12 bits per heavy atom. The average Bonchev–Trinajstić information content (AvgIpc) is 2.32. The molecule has 1 aromatic rings. The summed E-state index contributed by atoms with van der Waals surface area (Å²) in [6.45, 7) is 5.52. The number of hydrogen-bond donors (Lipinski definition) is 2. The lowest BCUT2D eigenvalue weighted by atomic mass is 10.00. The fourth-order valence-electron chi connectivity index (χ4n) is 2.13. The maximum Gasteiger partial charge on any atom is 0.0487 e. The molecule has 1 heterocycles. The van der Waals surface area contributed by atoms with Crippen LogP contribution in [0.15, 0.2) is 22.7 Å². The van der Waals surface area contributed by atoms with Crippen molar-refractivity contribution < 1.29 is 0 Å². The molecule has 0 aliphatic carbocycles. The predicted octanol–water partition coefficient (Wildman–Crippen LogP) is 3.17. The van der Waals surface area contributed by atoms with Crippen LogP contribution in [0.1, 0.15) is 18.4 Å². The maximum absolute atomic E-state index is 3.58. The summed E-state index contributed by atoms with van der Waals surface area (Å²) in [7, 11) is 0. The van der Waals surface area contributed by atoms with Crippen LogP contribution in [0.25, 0.3) is 0 Å². The first-order chi connectivity index (χ1) is 7.75. The summed E-state index contributed by atoms with van der Waals surface area (Å²) in [5.41, 5.74) is 2.51. The van der Waals surface area contributed by atoms with Crippen molar-refractivity contribution in [2.45, 2.75) is 19.8 Å². The zero-order valence-electron chi connectivity index (χ0n) is 9.72. The van der Waals surface area contributed by atoms with Gasteiger partial charge in [-0.3, -0.25) is 0 Å². The fourth-order valence-corrected chi connectivity index (χ4v) is 2.51. The van der Waals surface area contributed by atoms with Crippen molar-refractivity contribution >= 4 is 21.6 Å². The van der Waals surface area contributed by atoms with E-state index in [1.807, 2.05) is 0 Å². The van der Waals surface area contributed by atoms with Crippen molar-refractivity contribution in [2.24, 2.45) is 5.92 Å². The molecular weight excluding hydrogens is 264 g/mol. The van der Waals surface area contributed by atoms with Crippen LogP contribution >= 0.6 is 15.9 Å². The summed E-state index contributed by atoms with van der Waals surface area (Å²) in [6.07, 6.45) is 2.64. The first kappa shape index (κ1) is 11.9. The van der Waals surface area contributed by atoms with Crippen LogP contribution in [0, 0.1) is 12.8 Å². The molecule has 0 amide bonds. The standard InChI is InChI=1S/C13H19BrN2/c1-10-4-5-12(14)13(7-10)16-9-11-3-2-6-15-8-11/h4-5,7,11,15-16H,2-3,6,8-9H2,1H3. The smallest absolute Gasteiger partial charge is 0.0487 e. The average molecular weight is 283 g/mol. The quantitative estimate of drug-likeness (QED) is 0.890. The van der Waals surface area contributed by atoms with Crippen LogP contribution in [-0.4, -0.2) is 19.6 Å². The Hall–Kier alpha value is -0.540. The van der Waals surface area contributed by atoms with Gasteiger partial charge in [0.05, 0.1) is 0 Å². The van der Waals surface area contributed by atoms with E-state index < -0.39 is 0 Å². The van der Waals surface area contributed by atoms with Gasteiger partial charge in [0, 0.05) is 16.7 Å². The topological polar surface area (TPSA) is 24.1 Å². The molecular formula is C13H19BrN2. The highest BCUT2D eigenvalue weighted by Gasteiger charge is 2.12. The second kappa shape index (κ2) is 5.69.